The van der Waals surface area contributed by atoms with Gasteiger partial charge in [-0.05, 0) is 36.6 Å². The van der Waals surface area contributed by atoms with Gasteiger partial charge in [0.1, 0.15) is 6.26 Å². The Morgan fingerprint density at radius 3 is 2.54 bits per heavy atom. The molecule has 0 spiro atoms. The van der Waals surface area contributed by atoms with E-state index in [0.717, 1.165) is 12.0 Å². The van der Waals surface area contributed by atoms with Crippen molar-refractivity contribution in [2.45, 2.75) is 26.2 Å². The zero-order chi connectivity index (χ0) is 20.4. The van der Waals surface area contributed by atoms with Crippen LogP contribution < -0.4 is 14.8 Å². The van der Waals surface area contributed by atoms with Crippen molar-refractivity contribution in [3.8, 4) is 11.5 Å². The van der Waals surface area contributed by atoms with Crippen LogP contribution in [0.25, 0.3) is 0 Å². The van der Waals surface area contributed by atoms with Gasteiger partial charge in [0.05, 0.1) is 26.0 Å². The van der Waals surface area contributed by atoms with E-state index in [2.05, 4.69) is 5.32 Å². The summed E-state index contributed by atoms with van der Waals surface area (Å²) >= 11 is 0. The Morgan fingerprint density at radius 2 is 1.89 bits per heavy atom. The highest BCUT2D eigenvalue weighted by atomic mass is 16.5. The molecule has 0 fully saturated rings. The molecule has 0 unspecified atom stereocenters. The van der Waals surface area contributed by atoms with E-state index in [0.29, 0.717) is 43.1 Å². The van der Waals surface area contributed by atoms with Crippen LogP contribution in [0.1, 0.15) is 35.7 Å². The van der Waals surface area contributed by atoms with Gasteiger partial charge in [0.2, 0.25) is 5.91 Å². The van der Waals surface area contributed by atoms with Crippen molar-refractivity contribution in [3.63, 3.8) is 0 Å². The number of nitrogens with one attached hydrogen (secondary N) is 1. The lowest BCUT2D eigenvalue weighted by Gasteiger charge is -2.21. The Hall–Kier alpha value is -2.96. The summed E-state index contributed by atoms with van der Waals surface area (Å²) in [5, 5.41) is 2.90. The van der Waals surface area contributed by atoms with Crippen LogP contribution in [0.4, 0.5) is 0 Å². The molecule has 0 aliphatic rings. The Labute approximate surface area is 165 Å². The van der Waals surface area contributed by atoms with E-state index in [9.17, 15) is 9.59 Å². The number of methoxy groups -OCH3 is 2. The molecule has 1 N–H and O–H groups in total. The number of ether oxygens (including phenoxy) is 2. The van der Waals surface area contributed by atoms with Crippen LogP contribution in [0, 0.1) is 0 Å². The predicted octanol–water partition coefficient (Wildman–Crippen LogP) is 2.90. The van der Waals surface area contributed by atoms with E-state index >= 15 is 0 Å². The minimum Gasteiger partial charge on any atom is -0.493 e. The molecule has 2 rings (SSSR count). The summed E-state index contributed by atoms with van der Waals surface area (Å²) in [5.74, 6) is 1.14. The molecule has 0 bridgehead atoms. The van der Waals surface area contributed by atoms with Gasteiger partial charge in [-0.3, -0.25) is 9.59 Å². The molecule has 0 radical (unpaired) electrons. The van der Waals surface area contributed by atoms with Gasteiger partial charge >= 0.3 is 0 Å². The Kier molecular flexibility index (Phi) is 8.39. The lowest BCUT2D eigenvalue weighted by atomic mass is 10.1. The number of furan rings is 1. The minimum atomic E-state index is -0.117. The Bertz CT molecular complexity index is 758. The summed E-state index contributed by atoms with van der Waals surface area (Å²) < 4.78 is 15.5. The number of nitrogens with zero attached hydrogens (tertiary/aromatic N) is 1. The van der Waals surface area contributed by atoms with Crippen molar-refractivity contribution >= 4 is 11.8 Å². The summed E-state index contributed by atoms with van der Waals surface area (Å²) in [4.78, 5) is 26.3. The smallest absolute Gasteiger partial charge is 0.257 e. The first kappa shape index (κ1) is 21.3. The summed E-state index contributed by atoms with van der Waals surface area (Å²) in [7, 11) is 3.19. The van der Waals surface area contributed by atoms with E-state index in [1.165, 1.54) is 12.5 Å². The largest absolute Gasteiger partial charge is 0.493 e. The van der Waals surface area contributed by atoms with Gasteiger partial charge in [-0.2, -0.15) is 0 Å². The zero-order valence-corrected chi connectivity index (χ0v) is 16.7. The van der Waals surface area contributed by atoms with Gasteiger partial charge < -0.3 is 24.1 Å². The minimum absolute atomic E-state index is 0.0819. The number of carbonyl (C=O) groups is 2. The molecule has 1 heterocycles. The first-order valence-electron chi connectivity index (χ1n) is 9.38. The van der Waals surface area contributed by atoms with Crippen LogP contribution in [0.15, 0.2) is 41.2 Å². The highest BCUT2D eigenvalue weighted by molar-refractivity contribution is 5.94. The third kappa shape index (κ3) is 6.04. The van der Waals surface area contributed by atoms with Crippen LogP contribution >= 0.6 is 0 Å². The molecule has 28 heavy (non-hydrogen) atoms. The lowest BCUT2D eigenvalue weighted by molar-refractivity contribution is -0.121. The van der Waals surface area contributed by atoms with Gasteiger partial charge in [0, 0.05) is 26.1 Å². The van der Waals surface area contributed by atoms with E-state index in [1.807, 2.05) is 25.1 Å². The van der Waals surface area contributed by atoms with Gasteiger partial charge in [0.15, 0.2) is 11.5 Å². The Morgan fingerprint density at radius 1 is 1.11 bits per heavy atom. The molecule has 0 aliphatic carbocycles. The molecule has 1 aromatic heterocycles. The number of hydrogen-bond acceptors (Lipinski definition) is 5. The summed E-state index contributed by atoms with van der Waals surface area (Å²) in [6, 6.07) is 7.33. The van der Waals surface area contributed by atoms with Crippen molar-refractivity contribution in [1.82, 2.24) is 10.2 Å². The summed E-state index contributed by atoms with van der Waals surface area (Å²) in [6.07, 6.45) is 4.66. The third-order valence-corrected chi connectivity index (χ3v) is 4.34. The second-order valence-corrected chi connectivity index (χ2v) is 6.34. The maximum absolute atomic E-state index is 12.4. The van der Waals surface area contributed by atoms with Crippen molar-refractivity contribution in [3.05, 3.63) is 47.9 Å². The monoisotopic (exact) mass is 388 g/mol. The van der Waals surface area contributed by atoms with Gasteiger partial charge in [-0.1, -0.05) is 13.0 Å². The van der Waals surface area contributed by atoms with Gasteiger partial charge in [0.25, 0.3) is 5.91 Å². The fraction of sp³-hybridized carbons (Fsp3) is 0.429. The first-order chi connectivity index (χ1) is 13.6. The number of hydrogen-bond donors (Lipinski definition) is 1. The normalized spacial score (nSPS) is 10.4. The molecule has 7 nitrogen and oxygen atoms in total. The molecule has 0 saturated carbocycles. The predicted molar refractivity (Wildman–Crippen MR) is 106 cm³/mol. The van der Waals surface area contributed by atoms with E-state index in [-0.39, 0.29) is 18.2 Å². The van der Waals surface area contributed by atoms with E-state index < -0.39 is 0 Å². The maximum Gasteiger partial charge on any atom is 0.257 e. The standard InChI is InChI=1S/C21H28N2O5/c1-4-11-23(21(25)17-9-13-28-15-17)12-8-20(24)22-10-7-16-5-6-18(26-2)19(14-16)27-3/h5-6,9,13-15H,4,7-8,10-12H2,1-3H3,(H,22,24). The number of carbonyl (C=O) groups excluding carboxylic acids is 2. The van der Waals surface area contributed by atoms with Crippen molar-refractivity contribution < 1.29 is 23.5 Å². The van der Waals surface area contributed by atoms with Gasteiger partial charge in [-0.15, -0.1) is 0 Å². The average molecular weight is 388 g/mol. The maximum atomic E-state index is 12.4. The topological polar surface area (TPSA) is 81.0 Å². The SMILES string of the molecule is CCCN(CCC(=O)NCCc1ccc(OC)c(OC)c1)C(=O)c1ccoc1. The summed E-state index contributed by atoms with van der Waals surface area (Å²) in [6.45, 7) is 3.49. The molecule has 7 heteroatoms. The highest BCUT2D eigenvalue weighted by Crippen LogP contribution is 2.27. The zero-order valence-electron chi connectivity index (χ0n) is 16.7. The molecule has 0 aliphatic heterocycles. The van der Waals surface area contributed by atoms with E-state index in [4.69, 9.17) is 13.9 Å². The molecule has 0 atom stereocenters. The Balaban J connectivity index is 1.79. The van der Waals surface area contributed by atoms with Crippen LogP contribution in [0.2, 0.25) is 0 Å². The second kappa shape index (κ2) is 11.0. The quantitative estimate of drug-likeness (QED) is 0.640. The molecule has 1 aromatic carbocycles. The van der Waals surface area contributed by atoms with Crippen molar-refractivity contribution in [1.29, 1.82) is 0 Å². The molecule has 0 saturated heterocycles. The average Bonchev–Trinajstić information content (AvgIpc) is 3.25. The fourth-order valence-corrected chi connectivity index (χ4v) is 2.86. The van der Waals surface area contributed by atoms with Gasteiger partial charge in [-0.25, -0.2) is 0 Å². The number of rotatable bonds is 11. The lowest BCUT2D eigenvalue weighted by Crippen LogP contribution is -2.36. The molecular formula is C21H28N2O5. The molecular weight excluding hydrogens is 360 g/mol. The molecule has 2 amide bonds. The summed E-state index contributed by atoms with van der Waals surface area (Å²) in [5.41, 5.74) is 1.54. The molecule has 2 aromatic rings. The fourth-order valence-electron chi connectivity index (χ4n) is 2.86. The van der Waals surface area contributed by atoms with Crippen LogP contribution in [0.3, 0.4) is 0 Å². The molecule has 152 valence electrons. The highest BCUT2D eigenvalue weighted by Gasteiger charge is 2.17. The van der Waals surface area contributed by atoms with Crippen LogP contribution in [-0.4, -0.2) is 50.6 Å². The third-order valence-electron chi connectivity index (χ3n) is 4.34. The number of amides is 2. The van der Waals surface area contributed by atoms with Crippen molar-refractivity contribution in [2.75, 3.05) is 33.9 Å². The number of benzene rings is 1. The first-order valence-corrected chi connectivity index (χ1v) is 9.38. The van der Waals surface area contributed by atoms with Crippen molar-refractivity contribution in [2.24, 2.45) is 0 Å². The van der Waals surface area contributed by atoms with E-state index in [1.54, 1.807) is 25.2 Å². The van der Waals surface area contributed by atoms with Crippen LogP contribution in [0.5, 0.6) is 11.5 Å². The second-order valence-electron chi connectivity index (χ2n) is 6.34. The van der Waals surface area contributed by atoms with Crippen LogP contribution in [-0.2, 0) is 11.2 Å².